The van der Waals surface area contributed by atoms with Gasteiger partial charge < -0.3 is 25.0 Å². The molecule has 4 aromatic rings. The fourth-order valence-electron chi connectivity index (χ4n) is 4.93. The highest BCUT2D eigenvalue weighted by Crippen LogP contribution is 2.32. The molecule has 0 spiro atoms. The van der Waals surface area contributed by atoms with Crippen molar-refractivity contribution in [1.82, 2.24) is 29.8 Å². The fraction of sp³-hybridized carbons (Fsp3) is 0.444. The minimum Gasteiger partial charge on any atom is -0.395 e. The maximum absolute atomic E-state index is 9.20. The molecule has 39 heavy (non-hydrogen) atoms. The standard InChI is InChI=1S/C27H33N9O2S/c1-19-15-24(33-27(30-19)36-8-6-34(7-9-36)10-12-37)32-23-17-21-22(18-29-23)39-26(31-21)20-3-4-28-25(16-20)35-5-2-13-38-14-11-35/h3-4,15-18,37H,2,5-14H2,1H3,(H,29,30,32,33). The van der Waals surface area contributed by atoms with Gasteiger partial charge in [0.05, 0.1) is 23.4 Å². The molecule has 2 saturated heterocycles. The van der Waals surface area contributed by atoms with Crippen molar-refractivity contribution in [3.63, 3.8) is 0 Å². The van der Waals surface area contributed by atoms with E-state index in [0.717, 1.165) is 91.2 Å². The van der Waals surface area contributed by atoms with Crippen LogP contribution in [-0.4, -0.2) is 101 Å². The summed E-state index contributed by atoms with van der Waals surface area (Å²) in [5.74, 6) is 3.07. The number of rotatable bonds is 7. The number of fused-ring (bicyclic) bond motifs is 1. The van der Waals surface area contributed by atoms with Crippen LogP contribution in [0.2, 0.25) is 0 Å². The first kappa shape index (κ1) is 25.8. The summed E-state index contributed by atoms with van der Waals surface area (Å²) in [6.45, 7) is 9.62. The van der Waals surface area contributed by atoms with Crippen molar-refractivity contribution in [3.8, 4) is 10.6 Å². The van der Waals surface area contributed by atoms with Gasteiger partial charge in [-0.15, -0.1) is 11.3 Å². The summed E-state index contributed by atoms with van der Waals surface area (Å²) < 4.78 is 6.62. The lowest BCUT2D eigenvalue weighted by Gasteiger charge is -2.34. The SMILES string of the molecule is Cc1cc(Nc2cc3nc(-c4ccnc(N5CCCOCC5)c4)sc3cn2)nc(N2CCN(CCO)CC2)n1. The smallest absolute Gasteiger partial charge is 0.227 e. The van der Waals surface area contributed by atoms with Gasteiger partial charge in [0, 0.05) is 88.2 Å². The van der Waals surface area contributed by atoms with E-state index >= 15 is 0 Å². The van der Waals surface area contributed by atoms with Crippen molar-refractivity contribution >= 4 is 45.0 Å². The number of aromatic nitrogens is 5. The van der Waals surface area contributed by atoms with E-state index in [0.29, 0.717) is 24.1 Å². The zero-order valence-electron chi connectivity index (χ0n) is 22.1. The monoisotopic (exact) mass is 547 g/mol. The van der Waals surface area contributed by atoms with Crippen LogP contribution in [0.3, 0.4) is 0 Å². The van der Waals surface area contributed by atoms with Gasteiger partial charge in [0.1, 0.15) is 22.5 Å². The second-order valence-corrected chi connectivity index (χ2v) is 10.8. The van der Waals surface area contributed by atoms with E-state index in [-0.39, 0.29) is 6.61 Å². The van der Waals surface area contributed by atoms with Gasteiger partial charge in [-0.1, -0.05) is 0 Å². The summed E-state index contributed by atoms with van der Waals surface area (Å²) >= 11 is 1.63. The van der Waals surface area contributed by atoms with Crippen molar-refractivity contribution in [3.05, 3.63) is 42.4 Å². The van der Waals surface area contributed by atoms with Gasteiger partial charge in [-0.25, -0.2) is 19.9 Å². The van der Waals surface area contributed by atoms with Crippen LogP contribution in [0.1, 0.15) is 12.1 Å². The molecule has 2 aliphatic heterocycles. The molecule has 4 aromatic heterocycles. The molecule has 0 amide bonds. The Bertz CT molecular complexity index is 1420. The van der Waals surface area contributed by atoms with Gasteiger partial charge in [-0.2, -0.15) is 4.98 Å². The number of aliphatic hydroxyl groups excluding tert-OH is 1. The first-order valence-corrected chi connectivity index (χ1v) is 14.2. The van der Waals surface area contributed by atoms with Gasteiger partial charge in [0.15, 0.2) is 0 Å². The second kappa shape index (κ2) is 11.7. The van der Waals surface area contributed by atoms with Crippen LogP contribution in [-0.2, 0) is 4.74 Å². The molecule has 0 radical (unpaired) electrons. The van der Waals surface area contributed by atoms with E-state index in [1.807, 2.05) is 37.5 Å². The van der Waals surface area contributed by atoms with Crippen molar-refractivity contribution in [2.45, 2.75) is 13.3 Å². The minimum atomic E-state index is 0.185. The molecule has 0 saturated carbocycles. The van der Waals surface area contributed by atoms with Gasteiger partial charge in [-0.3, -0.25) is 4.90 Å². The number of piperazine rings is 1. The Balaban J connectivity index is 1.19. The maximum atomic E-state index is 9.20. The number of anilines is 4. The number of pyridine rings is 2. The van der Waals surface area contributed by atoms with E-state index in [1.54, 1.807) is 11.3 Å². The number of nitrogens with one attached hydrogen (secondary N) is 1. The van der Waals surface area contributed by atoms with Crippen LogP contribution >= 0.6 is 11.3 Å². The minimum absolute atomic E-state index is 0.185. The van der Waals surface area contributed by atoms with E-state index in [4.69, 9.17) is 14.7 Å². The first-order valence-electron chi connectivity index (χ1n) is 13.4. The molecule has 6 heterocycles. The average molecular weight is 548 g/mol. The number of nitrogens with zero attached hydrogens (tertiary/aromatic N) is 8. The number of hydrogen-bond acceptors (Lipinski definition) is 12. The summed E-state index contributed by atoms with van der Waals surface area (Å²) in [6.07, 6.45) is 4.72. The van der Waals surface area contributed by atoms with E-state index in [2.05, 4.69) is 41.0 Å². The topological polar surface area (TPSA) is 116 Å². The van der Waals surface area contributed by atoms with Crippen molar-refractivity contribution < 1.29 is 9.84 Å². The predicted molar refractivity (Wildman–Crippen MR) is 154 cm³/mol. The first-order chi connectivity index (χ1) is 19.1. The Kier molecular flexibility index (Phi) is 7.77. The van der Waals surface area contributed by atoms with Crippen LogP contribution < -0.4 is 15.1 Å². The number of aliphatic hydroxyl groups is 1. The van der Waals surface area contributed by atoms with Gasteiger partial charge in [0.25, 0.3) is 0 Å². The second-order valence-electron chi connectivity index (χ2n) is 9.78. The lowest BCUT2D eigenvalue weighted by atomic mass is 10.2. The molecular weight excluding hydrogens is 514 g/mol. The Morgan fingerprint density at radius 3 is 2.72 bits per heavy atom. The summed E-state index contributed by atoms with van der Waals surface area (Å²) in [5.41, 5.74) is 2.83. The zero-order chi connectivity index (χ0) is 26.6. The van der Waals surface area contributed by atoms with E-state index in [1.165, 1.54) is 0 Å². The highest BCUT2D eigenvalue weighted by Gasteiger charge is 2.20. The molecule has 0 aromatic carbocycles. The number of aryl methyl sites for hydroxylation is 1. The van der Waals surface area contributed by atoms with Crippen LogP contribution in [0.15, 0.2) is 36.7 Å². The third-order valence-electron chi connectivity index (χ3n) is 6.98. The molecule has 0 unspecified atom stereocenters. The normalized spacial score (nSPS) is 17.0. The van der Waals surface area contributed by atoms with Crippen molar-refractivity contribution in [1.29, 1.82) is 0 Å². The summed E-state index contributed by atoms with van der Waals surface area (Å²) in [5, 5.41) is 13.5. The maximum Gasteiger partial charge on any atom is 0.227 e. The predicted octanol–water partition coefficient (Wildman–Crippen LogP) is 2.94. The quantitative estimate of drug-likeness (QED) is 0.356. The third kappa shape index (κ3) is 6.09. The van der Waals surface area contributed by atoms with Crippen LogP contribution in [0, 0.1) is 6.92 Å². The van der Waals surface area contributed by atoms with Crippen molar-refractivity contribution in [2.24, 2.45) is 0 Å². The van der Waals surface area contributed by atoms with Crippen LogP contribution in [0.25, 0.3) is 20.8 Å². The summed E-state index contributed by atoms with van der Waals surface area (Å²) in [6, 6.07) is 8.02. The Morgan fingerprint density at radius 2 is 1.85 bits per heavy atom. The van der Waals surface area contributed by atoms with Gasteiger partial charge in [-0.05, 0) is 25.5 Å². The molecule has 12 heteroatoms. The number of thiazole rings is 1. The molecule has 11 nitrogen and oxygen atoms in total. The Labute approximate surface area is 231 Å². The molecule has 0 aliphatic carbocycles. The summed E-state index contributed by atoms with van der Waals surface area (Å²) in [7, 11) is 0. The van der Waals surface area contributed by atoms with Gasteiger partial charge >= 0.3 is 0 Å². The molecule has 2 N–H and O–H groups in total. The lowest BCUT2D eigenvalue weighted by Crippen LogP contribution is -2.47. The van der Waals surface area contributed by atoms with Gasteiger partial charge in [0.2, 0.25) is 5.95 Å². The van der Waals surface area contributed by atoms with Crippen molar-refractivity contribution in [2.75, 3.05) is 80.8 Å². The third-order valence-corrected chi connectivity index (χ3v) is 8.04. The van der Waals surface area contributed by atoms with E-state index in [9.17, 15) is 5.11 Å². The average Bonchev–Trinajstić information content (AvgIpc) is 3.18. The molecule has 0 atom stereocenters. The zero-order valence-corrected chi connectivity index (χ0v) is 22.9. The highest BCUT2D eigenvalue weighted by atomic mass is 32.1. The fourth-order valence-corrected chi connectivity index (χ4v) is 5.84. The largest absolute Gasteiger partial charge is 0.395 e. The number of ether oxygens (including phenoxy) is 1. The Hall–Kier alpha value is -3.45. The molecule has 204 valence electrons. The van der Waals surface area contributed by atoms with Crippen LogP contribution in [0.5, 0.6) is 0 Å². The summed E-state index contributed by atoms with van der Waals surface area (Å²) in [4.78, 5) is 30.3. The number of β-amino-alcohol motifs (C(OH)–C–C–N with tert-alkyl or cyclic N) is 1. The number of hydrogen-bond donors (Lipinski definition) is 2. The molecule has 0 bridgehead atoms. The van der Waals surface area contributed by atoms with Crippen LogP contribution in [0.4, 0.5) is 23.4 Å². The molecular formula is C27H33N9O2S. The molecule has 2 aliphatic rings. The highest BCUT2D eigenvalue weighted by molar-refractivity contribution is 7.21. The molecule has 6 rings (SSSR count). The lowest BCUT2D eigenvalue weighted by molar-refractivity contribution is 0.152. The Morgan fingerprint density at radius 1 is 0.949 bits per heavy atom. The van der Waals surface area contributed by atoms with E-state index < -0.39 is 0 Å². The molecule has 2 fully saturated rings.